The van der Waals surface area contributed by atoms with E-state index in [1.165, 1.54) is 17.2 Å². The van der Waals surface area contributed by atoms with Crippen molar-refractivity contribution < 1.29 is 4.39 Å². The van der Waals surface area contributed by atoms with Crippen molar-refractivity contribution in [1.82, 2.24) is 0 Å². The van der Waals surface area contributed by atoms with E-state index in [1.807, 2.05) is 30.0 Å². The Labute approximate surface area is 147 Å². The second-order valence-electron chi connectivity index (χ2n) is 5.77. The molecule has 0 fully saturated rings. The Balaban J connectivity index is 2.28. The number of rotatable bonds is 6. The molecule has 122 valence electrons. The minimum atomic E-state index is -0.402. The Bertz CT molecular complexity index is 729. The molecule has 0 N–H and O–H groups in total. The zero-order chi connectivity index (χ0) is 16.8. The fourth-order valence-electron chi connectivity index (χ4n) is 3.06. The summed E-state index contributed by atoms with van der Waals surface area (Å²) in [6.45, 7) is 2.18. The van der Waals surface area contributed by atoms with Crippen LogP contribution < -0.4 is 0 Å². The Morgan fingerprint density at radius 3 is 1.79 bits per heavy atom. The van der Waals surface area contributed by atoms with E-state index >= 15 is 0 Å². The van der Waals surface area contributed by atoms with Crippen LogP contribution in [0, 0.1) is 5.82 Å². The third-order valence-electron chi connectivity index (χ3n) is 4.11. The standard InChI is InChI=1S/C22H21FS/c1-2-16-24-22(18-10-5-3-6-11-18,19-12-7-4-8-13-19)20-14-9-15-21(23)17-20/h3-15,17H,2,16H2,1H3. The van der Waals surface area contributed by atoms with Crippen LogP contribution in [-0.2, 0) is 4.75 Å². The molecule has 0 aromatic heterocycles. The molecule has 0 amide bonds. The molecule has 0 aliphatic carbocycles. The van der Waals surface area contributed by atoms with E-state index in [9.17, 15) is 4.39 Å². The van der Waals surface area contributed by atoms with E-state index in [0.717, 1.165) is 17.7 Å². The molecule has 3 aromatic carbocycles. The second kappa shape index (κ2) is 7.67. The molecule has 0 atom stereocenters. The fraction of sp³-hybridized carbons (Fsp3) is 0.182. The van der Waals surface area contributed by atoms with Crippen molar-refractivity contribution in [2.24, 2.45) is 0 Å². The number of hydrogen-bond acceptors (Lipinski definition) is 1. The molecule has 24 heavy (non-hydrogen) atoms. The lowest BCUT2D eigenvalue weighted by atomic mass is 9.84. The minimum absolute atomic E-state index is 0.194. The summed E-state index contributed by atoms with van der Waals surface area (Å²) < 4.78 is 13.6. The van der Waals surface area contributed by atoms with Crippen molar-refractivity contribution in [3.63, 3.8) is 0 Å². The highest BCUT2D eigenvalue weighted by atomic mass is 32.2. The third kappa shape index (κ3) is 3.25. The maximum absolute atomic E-state index is 14.0. The van der Waals surface area contributed by atoms with Gasteiger partial charge >= 0.3 is 0 Å². The largest absolute Gasteiger partial charge is 0.207 e. The monoisotopic (exact) mass is 336 g/mol. The van der Waals surface area contributed by atoms with Gasteiger partial charge < -0.3 is 0 Å². The Kier molecular flexibility index (Phi) is 5.37. The topological polar surface area (TPSA) is 0 Å². The van der Waals surface area contributed by atoms with Gasteiger partial charge in [-0.15, -0.1) is 11.8 Å². The van der Waals surface area contributed by atoms with Gasteiger partial charge in [0.05, 0.1) is 4.75 Å². The zero-order valence-corrected chi connectivity index (χ0v) is 14.6. The molecule has 3 aromatic rings. The minimum Gasteiger partial charge on any atom is -0.207 e. The number of hydrogen-bond donors (Lipinski definition) is 0. The summed E-state index contributed by atoms with van der Waals surface area (Å²) in [6, 6.07) is 27.8. The molecular formula is C22H21FS. The van der Waals surface area contributed by atoms with Gasteiger partial charge in [0.25, 0.3) is 0 Å². The van der Waals surface area contributed by atoms with Gasteiger partial charge in [0, 0.05) is 0 Å². The Morgan fingerprint density at radius 2 is 1.29 bits per heavy atom. The molecule has 0 nitrogen and oxygen atoms in total. The maximum Gasteiger partial charge on any atom is 0.123 e. The third-order valence-corrected chi connectivity index (χ3v) is 5.87. The average Bonchev–Trinajstić information content (AvgIpc) is 2.64. The van der Waals surface area contributed by atoms with Gasteiger partial charge in [-0.2, -0.15) is 0 Å². The molecule has 0 bridgehead atoms. The maximum atomic E-state index is 14.0. The highest BCUT2D eigenvalue weighted by Gasteiger charge is 2.36. The summed E-state index contributed by atoms with van der Waals surface area (Å²) >= 11 is 1.87. The number of thioether (sulfide) groups is 1. The summed E-state index contributed by atoms with van der Waals surface area (Å²) in [6.07, 6.45) is 1.07. The van der Waals surface area contributed by atoms with Gasteiger partial charge in [-0.3, -0.25) is 0 Å². The predicted octanol–water partition coefficient (Wildman–Crippen LogP) is 6.26. The normalized spacial score (nSPS) is 11.4. The first-order valence-corrected chi connectivity index (χ1v) is 9.27. The highest BCUT2D eigenvalue weighted by Crippen LogP contribution is 2.48. The lowest BCUT2D eigenvalue weighted by Gasteiger charge is -2.35. The van der Waals surface area contributed by atoms with Crippen LogP contribution in [0.4, 0.5) is 4.39 Å². The Hall–Kier alpha value is -2.06. The number of benzene rings is 3. The SMILES string of the molecule is CCCSC(c1ccccc1)(c1ccccc1)c1cccc(F)c1. The quantitative estimate of drug-likeness (QED) is 0.479. The van der Waals surface area contributed by atoms with Crippen molar-refractivity contribution in [1.29, 1.82) is 0 Å². The zero-order valence-electron chi connectivity index (χ0n) is 13.8. The Morgan fingerprint density at radius 1 is 0.750 bits per heavy atom. The van der Waals surface area contributed by atoms with Gasteiger partial charge in [0.15, 0.2) is 0 Å². The summed E-state index contributed by atoms with van der Waals surface area (Å²) in [7, 11) is 0. The smallest absolute Gasteiger partial charge is 0.123 e. The molecule has 0 heterocycles. The summed E-state index contributed by atoms with van der Waals surface area (Å²) in [5, 5.41) is 0. The van der Waals surface area contributed by atoms with E-state index < -0.39 is 4.75 Å². The van der Waals surface area contributed by atoms with Crippen molar-refractivity contribution >= 4 is 11.8 Å². The lowest BCUT2D eigenvalue weighted by molar-refractivity contribution is 0.624. The molecule has 0 spiro atoms. The van der Waals surface area contributed by atoms with Crippen LogP contribution in [0.25, 0.3) is 0 Å². The summed E-state index contributed by atoms with van der Waals surface area (Å²) in [5.41, 5.74) is 3.35. The van der Waals surface area contributed by atoms with Crippen molar-refractivity contribution in [3.05, 3.63) is 107 Å². The van der Waals surface area contributed by atoms with E-state index in [1.54, 1.807) is 12.1 Å². The van der Waals surface area contributed by atoms with Crippen molar-refractivity contribution in [2.45, 2.75) is 18.1 Å². The van der Waals surface area contributed by atoms with Crippen LogP contribution >= 0.6 is 11.8 Å². The molecule has 0 radical (unpaired) electrons. The first-order chi connectivity index (χ1) is 11.8. The van der Waals surface area contributed by atoms with Crippen LogP contribution in [0.3, 0.4) is 0 Å². The van der Waals surface area contributed by atoms with Crippen LogP contribution in [0.15, 0.2) is 84.9 Å². The molecule has 0 unspecified atom stereocenters. The van der Waals surface area contributed by atoms with Gasteiger partial charge in [-0.05, 0) is 41.0 Å². The molecular weight excluding hydrogens is 315 g/mol. The molecule has 0 aliphatic rings. The van der Waals surface area contributed by atoms with Gasteiger partial charge in [0.1, 0.15) is 5.82 Å². The molecule has 0 saturated carbocycles. The first kappa shape index (κ1) is 16.8. The predicted molar refractivity (Wildman–Crippen MR) is 102 cm³/mol. The molecule has 0 saturated heterocycles. The van der Waals surface area contributed by atoms with Crippen LogP contribution in [0.5, 0.6) is 0 Å². The van der Waals surface area contributed by atoms with Crippen LogP contribution in [0.1, 0.15) is 30.0 Å². The number of halogens is 1. The first-order valence-electron chi connectivity index (χ1n) is 8.28. The molecule has 3 rings (SSSR count). The van der Waals surface area contributed by atoms with Crippen LogP contribution in [-0.4, -0.2) is 5.75 Å². The van der Waals surface area contributed by atoms with Gasteiger partial charge in [0.2, 0.25) is 0 Å². The fourth-order valence-corrected chi connectivity index (χ4v) is 4.47. The lowest BCUT2D eigenvalue weighted by Crippen LogP contribution is -2.26. The van der Waals surface area contributed by atoms with Crippen LogP contribution in [0.2, 0.25) is 0 Å². The van der Waals surface area contributed by atoms with E-state index in [-0.39, 0.29) is 5.82 Å². The summed E-state index contributed by atoms with van der Waals surface area (Å²) in [4.78, 5) is 0. The van der Waals surface area contributed by atoms with E-state index in [4.69, 9.17) is 0 Å². The average molecular weight is 336 g/mol. The van der Waals surface area contributed by atoms with Crippen molar-refractivity contribution in [2.75, 3.05) is 5.75 Å². The van der Waals surface area contributed by atoms with E-state index in [2.05, 4.69) is 55.5 Å². The molecule has 2 heteroatoms. The summed E-state index contributed by atoms with van der Waals surface area (Å²) in [5.74, 6) is 0.807. The molecule has 0 aliphatic heterocycles. The van der Waals surface area contributed by atoms with E-state index in [0.29, 0.717) is 0 Å². The second-order valence-corrected chi connectivity index (χ2v) is 7.08. The van der Waals surface area contributed by atoms with Gasteiger partial charge in [-0.1, -0.05) is 79.7 Å². The van der Waals surface area contributed by atoms with Crippen molar-refractivity contribution in [3.8, 4) is 0 Å². The highest BCUT2D eigenvalue weighted by molar-refractivity contribution is 8.00. The van der Waals surface area contributed by atoms with Gasteiger partial charge in [-0.25, -0.2) is 4.39 Å².